The van der Waals surface area contributed by atoms with E-state index in [4.69, 9.17) is 25.8 Å². The van der Waals surface area contributed by atoms with Crippen LogP contribution in [0, 0.1) is 5.82 Å². The summed E-state index contributed by atoms with van der Waals surface area (Å²) in [6.45, 7) is 1.65. The molecule has 34 heavy (non-hydrogen) atoms. The van der Waals surface area contributed by atoms with E-state index in [0.717, 1.165) is 4.57 Å². The van der Waals surface area contributed by atoms with E-state index in [9.17, 15) is 22.4 Å². The first-order valence-electron chi connectivity index (χ1n) is 10.1. The summed E-state index contributed by atoms with van der Waals surface area (Å²) in [5.41, 5.74) is 0.376. The van der Waals surface area contributed by atoms with Gasteiger partial charge < -0.3 is 14.2 Å². The van der Waals surface area contributed by atoms with Gasteiger partial charge in [-0.3, -0.25) is 9.36 Å². The van der Waals surface area contributed by atoms with Gasteiger partial charge in [0.15, 0.2) is 17.4 Å². The fourth-order valence-corrected chi connectivity index (χ4v) is 4.04. The first kappa shape index (κ1) is 24.0. The molecule has 0 unspecified atom stereocenters. The Morgan fingerprint density at radius 1 is 1.21 bits per heavy atom. The number of aromatic nitrogens is 3. The summed E-state index contributed by atoms with van der Waals surface area (Å²) in [5.74, 6) is -3.16. The van der Waals surface area contributed by atoms with Crippen molar-refractivity contribution in [1.82, 2.24) is 14.8 Å². The number of methoxy groups -OCH3 is 1. The summed E-state index contributed by atoms with van der Waals surface area (Å²) >= 11 is 6.18. The Hall–Kier alpha value is -3.18. The number of hydrogen-bond donors (Lipinski definition) is 0. The molecule has 180 valence electrons. The number of para-hydroxylation sites is 1. The number of rotatable bonds is 5. The lowest BCUT2D eigenvalue weighted by Gasteiger charge is -2.24. The smallest absolute Gasteiger partial charge is 0.452 e. The van der Waals surface area contributed by atoms with Crippen molar-refractivity contribution in [1.29, 1.82) is 0 Å². The van der Waals surface area contributed by atoms with Crippen LogP contribution in [-0.2, 0) is 20.4 Å². The van der Waals surface area contributed by atoms with E-state index >= 15 is 0 Å². The standard InChI is InChI=1S/C22H18ClF4N3O4/c1-3-33-17(31)10-16-20-28-29-21(22(25,26)27)30(20)15-8-7-11(23)9-13(15)18(34-16)12-5-4-6-14(24)19(12)32-2/h4-9,16,18H,3,10H2,1-2H3/t16-,18-/m1/s1. The van der Waals surface area contributed by atoms with Crippen molar-refractivity contribution in [3.05, 3.63) is 70.0 Å². The van der Waals surface area contributed by atoms with Crippen LogP contribution in [0.3, 0.4) is 0 Å². The number of nitrogens with zero attached hydrogens (tertiary/aromatic N) is 3. The van der Waals surface area contributed by atoms with Crippen LogP contribution in [0.5, 0.6) is 5.75 Å². The van der Waals surface area contributed by atoms with Gasteiger partial charge in [-0.05, 0) is 31.2 Å². The molecule has 1 aliphatic heterocycles. The SMILES string of the molecule is CCOC(=O)C[C@H]1O[C@H](c2cccc(F)c2OC)c2cc(Cl)ccc2-n2c1nnc2C(F)(F)F. The van der Waals surface area contributed by atoms with E-state index in [-0.39, 0.29) is 40.0 Å². The minimum atomic E-state index is -4.87. The van der Waals surface area contributed by atoms with Crippen LogP contribution < -0.4 is 4.74 Å². The Labute approximate surface area is 196 Å². The molecular weight excluding hydrogens is 482 g/mol. The number of alkyl halides is 3. The van der Waals surface area contributed by atoms with Crippen molar-refractivity contribution >= 4 is 17.6 Å². The number of halogens is 5. The highest BCUT2D eigenvalue weighted by molar-refractivity contribution is 6.30. The molecule has 0 spiro atoms. The average Bonchev–Trinajstić information content (AvgIpc) is 3.17. The molecule has 3 aromatic rings. The zero-order valence-corrected chi connectivity index (χ0v) is 18.7. The van der Waals surface area contributed by atoms with E-state index in [2.05, 4.69) is 10.2 Å². The molecule has 1 aliphatic rings. The molecule has 0 fully saturated rings. The van der Waals surface area contributed by atoms with Gasteiger partial charge in [-0.2, -0.15) is 13.2 Å². The van der Waals surface area contributed by atoms with Gasteiger partial charge in [0.2, 0.25) is 5.82 Å². The van der Waals surface area contributed by atoms with Crippen molar-refractivity contribution in [3.63, 3.8) is 0 Å². The molecular formula is C22H18ClF4N3O4. The van der Waals surface area contributed by atoms with Crippen LogP contribution in [-0.4, -0.2) is 34.5 Å². The largest absolute Gasteiger partial charge is 0.493 e. The van der Waals surface area contributed by atoms with E-state index < -0.39 is 42.4 Å². The summed E-state index contributed by atoms with van der Waals surface area (Å²) in [5, 5.41) is 7.23. The normalized spacial score (nSPS) is 17.5. The molecule has 0 aliphatic carbocycles. The number of ether oxygens (including phenoxy) is 3. The van der Waals surface area contributed by atoms with E-state index in [1.807, 2.05) is 0 Å². The van der Waals surface area contributed by atoms with Gasteiger partial charge in [-0.25, -0.2) is 4.39 Å². The van der Waals surface area contributed by atoms with Crippen molar-refractivity contribution in [2.24, 2.45) is 0 Å². The van der Waals surface area contributed by atoms with Crippen molar-refractivity contribution in [3.8, 4) is 11.4 Å². The second-order valence-corrected chi connectivity index (χ2v) is 7.73. The molecule has 2 aromatic carbocycles. The predicted octanol–water partition coefficient (Wildman–Crippen LogP) is 5.20. The van der Waals surface area contributed by atoms with Crippen molar-refractivity contribution < 1.29 is 36.6 Å². The lowest BCUT2D eigenvalue weighted by molar-refractivity contribution is -0.147. The van der Waals surface area contributed by atoms with Gasteiger partial charge in [0, 0.05) is 16.1 Å². The van der Waals surface area contributed by atoms with E-state index in [1.54, 1.807) is 6.92 Å². The fraction of sp³-hybridized carbons (Fsp3) is 0.318. The van der Waals surface area contributed by atoms with E-state index in [0.29, 0.717) is 0 Å². The zero-order chi connectivity index (χ0) is 24.6. The second kappa shape index (κ2) is 9.22. The quantitative estimate of drug-likeness (QED) is 0.355. The molecule has 7 nitrogen and oxygen atoms in total. The molecule has 0 amide bonds. The topological polar surface area (TPSA) is 75.5 Å². The lowest BCUT2D eigenvalue weighted by atomic mass is 9.98. The third-order valence-corrected chi connectivity index (χ3v) is 5.42. The molecule has 4 rings (SSSR count). The maximum absolute atomic E-state index is 14.5. The third-order valence-electron chi connectivity index (χ3n) is 5.18. The molecule has 0 radical (unpaired) electrons. The van der Waals surface area contributed by atoms with Gasteiger partial charge in [-0.15, -0.1) is 10.2 Å². The Kier molecular flexibility index (Phi) is 6.50. The highest BCUT2D eigenvalue weighted by Gasteiger charge is 2.44. The number of carbonyl (C=O) groups is 1. The number of esters is 1. The number of hydrogen-bond acceptors (Lipinski definition) is 6. The fourth-order valence-electron chi connectivity index (χ4n) is 3.86. The van der Waals surface area contributed by atoms with Crippen LogP contribution in [0.15, 0.2) is 36.4 Å². The van der Waals surface area contributed by atoms with Crippen LogP contribution in [0.2, 0.25) is 5.02 Å². The minimum absolute atomic E-state index is 0.0133. The Morgan fingerprint density at radius 2 is 1.97 bits per heavy atom. The molecule has 2 heterocycles. The molecule has 0 saturated heterocycles. The van der Waals surface area contributed by atoms with Crippen molar-refractivity contribution in [2.75, 3.05) is 13.7 Å². The van der Waals surface area contributed by atoms with E-state index in [1.165, 1.54) is 43.5 Å². The summed E-state index contributed by atoms with van der Waals surface area (Å²) in [6, 6.07) is 8.25. The van der Waals surface area contributed by atoms with Gasteiger partial charge in [0.05, 0.1) is 25.8 Å². The number of fused-ring (bicyclic) bond motifs is 3. The molecule has 0 N–H and O–H groups in total. The van der Waals surface area contributed by atoms with Crippen LogP contribution in [0.1, 0.15) is 48.3 Å². The maximum atomic E-state index is 14.5. The zero-order valence-electron chi connectivity index (χ0n) is 17.9. The maximum Gasteiger partial charge on any atom is 0.452 e. The summed E-state index contributed by atoms with van der Waals surface area (Å²) in [6.07, 6.45) is -7.81. The molecule has 12 heteroatoms. The first-order chi connectivity index (χ1) is 16.2. The summed E-state index contributed by atoms with van der Waals surface area (Å²) in [4.78, 5) is 12.3. The highest BCUT2D eigenvalue weighted by Crippen LogP contribution is 2.46. The average molecular weight is 500 g/mol. The van der Waals surface area contributed by atoms with Gasteiger partial charge >= 0.3 is 12.1 Å². The van der Waals surface area contributed by atoms with Crippen LogP contribution in [0.25, 0.3) is 5.69 Å². The third kappa shape index (κ3) is 4.32. The molecule has 0 bridgehead atoms. The van der Waals surface area contributed by atoms with Crippen LogP contribution >= 0.6 is 11.6 Å². The molecule has 0 saturated carbocycles. The number of carbonyl (C=O) groups excluding carboxylic acids is 1. The Balaban J connectivity index is 2.00. The lowest BCUT2D eigenvalue weighted by Crippen LogP contribution is -2.18. The van der Waals surface area contributed by atoms with Gasteiger partial charge in [0.25, 0.3) is 0 Å². The van der Waals surface area contributed by atoms with Crippen LogP contribution in [0.4, 0.5) is 17.6 Å². The summed E-state index contributed by atoms with van der Waals surface area (Å²) in [7, 11) is 1.25. The van der Waals surface area contributed by atoms with Gasteiger partial charge in [0.1, 0.15) is 12.2 Å². The second-order valence-electron chi connectivity index (χ2n) is 7.29. The number of benzene rings is 2. The van der Waals surface area contributed by atoms with Crippen molar-refractivity contribution in [2.45, 2.75) is 31.7 Å². The molecule has 2 atom stereocenters. The minimum Gasteiger partial charge on any atom is -0.493 e. The highest BCUT2D eigenvalue weighted by atomic mass is 35.5. The monoisotopic (exact) mass is 499 g/mol. The van der Waals surface area contributed by atoms with Gasteiger partial charge in [-0.1, -0.05) is 23.7 Å². The Morgan fingerprint density at radius 3 is 2.65 bits per heavy atom. The first-order valence-corrected chi connectivity index (χ1v) is 10.5. The molecule has 1 aromatic heterocycles. The Bertz CT molecular complexity index is 1230. The summed E-state index contributed by atoms with van der Waals surface area (Å²) < 4.78 is 73.2. The predicted molar refractivity (Wildman–Crippen MR) is 111 cm³/mol.